The summed E-state index contributed by atoms with van der Waals surface area (Å²) in [5, 5.41) is 8.68. The lowest BCUT2D eigenvalue weighted by Gasteiger charge is -2.09. The molecule has 4 nitrogen and oxygen atoms in total. The maximum absolute atomic E-state index is 13.6. The highest BCUT2D eigenvalue weighted by atomic mass is 19.1. The second-order valence-electron chi connectivity index (χ2n) is 4.53. The van der Waals surface area contributed by atoms with Gasteiger partial charge in [0.1, 0.15) is 30.5 Å². The van der Waals surface area contributed by atoms with Crippen molar-refractivity contribution in [3.8, 4) is 17.6 Å². The van der Waals surface area contributed by atoms with E-state index in [2.05, 4.69) is 0 Å². The van der Waals surface area contributed by atoms with Gasteiger partial charge in [0, 0.05) is 6.07 Å². The number of carbonyl (C=O) groups excluding carboxylic acids is 1. The van der Waals surface area contributed by atoms with Crippen LogP contribution in [0.15, 0.2) is 42.5 Å². The molecule has 0 aliphatic rings. The molecular weight excluding hydrogens is 285 g/mol. The van der Waals surface area contributed by atoms with Gasteiger partial charge in [0.25, 0.3) is 0 Å². The van der Waals surface area contributed by atoms with Crippen molar-refractivity contribution < 1.29 is 18.7 Å². The molecule has 112 valence electrons. The Kier molecular flexibility index (Phi) is 5.10. The van der Waals surface area contributed by atoms with E-state index in [0.717, 1.165) is 0 Å². The lowest BCUT2D eigenvalue weighted by molar-refractivity contribution is 0.101. The molecule has 0 fully saturated rings. The Morgan fingerprint density at radius 1 is 1.09 bits per heavy atom. The number of nitriles is 1. The number of benzene rings is 2. The molecule has 0 aliphatic heterocycles. The smallest absolute Gasteiger partial charge is 0.162 e. The van der Waals surface area contributed by atoms with Crippen molar-refractivity contribution in [2.24, 2.45) is 0 Å². The fraction of sp³-hybridized carbons (Fsp3) is 0.176. The van der Waals surface area contributed by atoms with Crippen LogP contribution in [0, 0.1) is 17.1 Å². The number of Topliss-reactive ketones (excluding diaryl/α,β-unsaturated/α-hetero) is 1. The Labute approximate surface area is 127 Å². The molecule has 0 amide bonds. The average molecular weight is 299 g/mol. The number of rotatable bonds is 6. The maximum atomic E-state index is 13.6. The van der Waals surface area contributed by atoms with Gasteiger partial charge in [0.2, 0.25) is 0 Å². The lowest BCUT2D eigenvalue weighted by Crippen LogP contribution is -2.09. The van der Waals surface area contributed by atoms with Crippen LogP contribution in [0.5, 0.6) is 11.5 Å². The van der Waals surface area contributed by atoms with Gasteiger partial charge in [0.05, 0.1) is 17.2 Å². The minimum absolute atomic E-state index is 0.0428. The van der Waals surface area contributed by atoms with E-state index in [1.165, 1.54) is 19.1 Å². The van der Waals surface area contributed by atoms with E-state index in [9.17, 15) is 9.18 Å². The first kappa shape index (κ1) is 15.5. The van der Waals surface area contributed by atoms with E-state index in [0.29, 0.717) is 17.1 Å². The van der Waals surface area contributed by atoms with Gasteiger partial charge in [-0.25, -0.2) is 4.39 Å². The summed E-state index contributed by atoms with van der Waals surface area (Å²) in [7, 11) is 0. The molecule has 0 aromatic heterocycles. The highest BCUT2D eigenvalue weighted by Crippen LogP contribution is 2.17. The van der Waals surface area contributed by atoms with Gasteiger partial charge in [-0.2, -0.15) is 5.26 Å². The van der Waals surface area contributed by atoms with Crippen molar-refractivity contribution in [1.82, 2.24) is 0 Å². The Balaban J connectivity index is 1.82. The number of hydrogen-bond acceptors (Lipinski definition) is 4. The van der Waals surface area contributed by atoms with E-state index >= 15 is 0 Å². The Morgan fingerprint density at radius 2 is 1.68 bits per heavy atom. The standard InChI is InChI=1S/C17H14FNO3/c1-12(20)16-7-6-15(10-17(16)18)22-9-8-21-14-4-2-13(11-19)3-5-14/h2-7,10H,8-9H2,1H3. The third-order valence-corrected chi connectivity index (χ3v) is 2.92. The molecule has 0 N–H and O–H groups in total. The minimum atomic E-state index is -0.599. The Morgan fingerprint density at radius 3 is 2.23 bits per heavy atom. The van der Waals surface area contributed by atoms with E-state index in [1.54, 1.807) is 30.3 Å². The summed E-state index contributed by atoms with van der Waals surface area (Å²) < 4.78 is 24.4. The van der Waals surface area contributed by atoms with E-state index in [4.69, 9.17) is 14.7 Å². The molecule has 0 aliphatic carbocycles. The molecule has 5 heteroatoms. The molecule has 0 spiro atoms. The first-order valence-electron chi connectivity index (χ1n) is 6.66. The fourth-order valence-electron chi connectivity index (χ4n) is 1.82. The molecule has 0 heterocycles. The van der Waals surface area contributed by atoms with Crippen molar-refractivity contribution in [2.75, 3.05) is 13.2 Å². The maximum Gasteiger partial charge on any atom is 0.162 e. The second kappa shape index (κ2) is 7.23. The summed E-state index contributed by atoms with van der Waals surface area (Å²) in [6.45, 7) is 1.82. The number of halogens is 1. The molecule has 2 aromatic rings. The van der Waals surface area contributed by atoms with Gasteiger partial charge < -0.3 is 9.47 Å². The van der Waals surface area contributed by atoms with E-state index in [-0.39, 0.29) is 24.6 Å². The Hall–Kier alpha value is -2.87. The van der Waals surface area contributed by atoms with Gasteiger partial charge in [-0.3, -0.25) is 4.79 Å². The minimum Gasteiger partial charge on any atom is -0.490 e. The van der Waals surface area contributed by atoms with Crippen LogP contribution in [-0.4, -0.2) is 19.0 Å². The van der Waals surface area contributed by atoms with Gasteiger partial charge in [-0.1, -0.05) is 0 Å². The van der Waals surface area contributed by atoms with Crippen LogP contribution >= 0.6 is 0 Å². The summed E-state index contributed by atoms with van der Waals surface area (Å²) in [5.41, 5.74) is 0.603. The van der Waals surface area contributed by atoms with E-state index < -0.39 is 5.82 Å². The predicted octanol–water partition coefficient (Wildman–Crippen LogP) is 3.36. The van der Waals surface area contributed by atoms with Crippen molar-refractivity contribution >= 4 is 5.78 Å². The molecule has 0 saturated heterocycles. The van der Waals surface area contributed by atoms with Crippen molar-refractivity contribution in [1.29, 1.82) is 5.26 Å². The van der Waals surface area contributed by atoms with Gasteiger partial charge in [-0.05, 0) is 43.3 Å². The highest BCUT2D eigenvalue weighted by Gasteiger charge is 2.08. The van der Waals surface area contributed by atoms with Crippen LogP contribution in [0.25, 0.3) is 0 Å². The number of nitrogens with zero attached hydrogens (tertiary/aromatic N) is 1. The zero-order valence-electron chi connectivity index (χ0n) is 12.0. The third kappa shape index (κ3) is 4.06. The van der Waals surface area contributed by atoms with Crippen LogP contribution in [-0.2, 0) is 0 Å². The van der Waals surface area contributed by atoms with Crippen LogP contribution < -0.4 is 9.47 Å². The number of hydrogen-bond donors (Lipinski definition) is 0. The molecule has 0 bridgehead atoms. The zero-order valence-corrected chi connectivity index (χ0v) is 12.0. The molecule has 0 atom stereocenters. The molecule has 0 radical (unpaired) electrons. The molecule has 2 rings (SSSR count). The Bertz CT molecular complexity index is 705. The molecular formula is C17H14FNO3. The van der Waals surface area contributed by atoms with Gasteiger partial charge >= 0.3 is 0 Å². The predicted molar refractivity (Wildman–Crippen MR) is 78.6 cm³/mol. The zero-order chi connectivity index (χ0) is 15.9. The lowest BCUT2D eigenvalue weighted by atomic mass is 10.1. The van der Waals surface area contributed by atoms with Crippen molar-refractivity contribution in [3.63, 3.8) is 0 Å². The normalized spacial score (nSPS) is 9.86. The summed E-state index contributed by atoms with van der Waals surface area (Å²) in [5.74, 6) is 0.0397. The van der Waals surface area contributed by atoms with Crippen LogP contribution in [0.4, 0.5) is 4.39 Å². The highest BCUT2D eigenvalue weighted by molar-refractivity contribution is 5.94. The largest absolute Gasteiger partial charge is 0.490 e. The van der Waals surface area contributed by atoms with Gasteiger partial charge in [0.15, 0.2) is 5.78 Å². The van der Waals surface area contributed by atoms with Crippen LogP contribution in [0.2, 0.25) is 0 Å². The summed E-state index contributed by atoms with van der Waals surface area (Å²) in [4.78, 5) is 11.1. The molecule has 2 aromatic carbocycles. The summed E-state index contributed by atoms with van der Waals surface area (Å²) in [6.07, 6.45) is 0. The third-order valence-electron chi connectivity index (χ3n) is 2.92. The summed E-state index contributed by atoms with van der Waals surface area (Å²) >= 11 is 0. The molecule has 0 unspecified atom stereocenters. The number of ether oxygens (including phenoxy) is 2. The fourth-order valence-corrected chi connectivity index (χ4v) is 1.82. The van der Waals surface area contributed by atoms with Crippen LogP contribution in [0.3, 0.4) is 0 Å². The van der Waals surface area contributed by atoms with Crippen molar-refractivity contribution in [2.45, 2.75) is 6.92 Å². The first-order chi connectivity index (χ1) is 10.6. The number of carbonyl (C=O) groups is 1. The van der Waals surface area contributed by atoms with E-state index in [1.807, 2.05) is 6.07 Å². The monoisotopic (exact) mass is 299 g/mol. The quantitative estimate of drug-likeness (QED) is 0.606. The van der Waals surface area contributed by atoms with Crippen molar-refractivity contribution in [3.05, 3.63) is 59.4 Å². The SMILES string of the molecule is CC(=O)c1ccc(OCCOc2ccc(C#N)cc2)cc1F. The summed E-state index contributed by atoms with van der Waals surface area (Å²) in [6, 6.07) is 12.8. The molecule has 22 heavy (non-hydrogen) atoms. The first-order valence-corrected chi connectivity index (χ1v) is 6.66. The molecule has 0 saturated carbocycles. The van der Waals surface area contributed by atoms with Gasteiger partial charge in [-0.15, -0.1) is 0 Å². The van der Waals surface area contributed by atoms with Crippen LogP contribution in [0.1, 0.15) is 22.8 Å². The second-order valence-corrected chi connectivity index (χ2v) is 4.53. The number of ketones is 1. The topological polar surface area (TPSA) is 59.3 Å². The average Bonchev–Trinajstić information content (AvgIpc) is 2.52.